The average Bonchev–Trinajstić information content (AvgIpc) is 2.88. The number of carbonyl (C=O) groups is 1. The molecule has 0 bridgehead atoms. The second-order valence-corrected chi connectivity index (χ2v) is 10.6. The molecule has 7 nitrogen and oxygen atoms in total. The van der Waals surface area contributed by atoms with Crippen LogP contribution in [0.5, 0.6) is 0 Å². The lowest BCUT2D eigenvalue weighted by molar-refractivity contribution is -0.136. The molecule has 0 unspecified atom stereocenters. The molecule has 1 heterocycles. The lowest BCUT2D eigenvalue weighted by Gasteiger charge is -2.23. The molecule has 0 aliphatic rings. The molecule has 1 N–H and O–H groups in total. The summed E-state index contributed by atoms with van der Waals surface area (Å²) in [5.41, 5.74) is 4.03. The predicted molar refractivity (Wildman–Crippen MR) is 138 cm³/mol. The Morgan fingerprint density at radius 2 is 1.58 bits per heavy atom. The molecule has 4 rings (SSSR count). The highest BCUT2D eigenvalue weighted by atomic mass is 35.5. The Morgan fingerprint density at radius 1 is 0.889 bits per heavy atom. The molecule has 4 aromatic rings. The predicted octanol–water partition coefficient (Wildman–Crippen LogP) is 5.21. The van der Waals surface area contributed by atoms with Crippen LogP contribution in [0.25, 0.3) is 11.3 Å². The van der Waals surface area contributed by atoms with Crippen molar-refractivity contribution in [3.8, 4) is 11.3 Å². The molecule has 0 aliphatic carbocycles. The van der Waals surface area contributed by atoms with Crippen molar-refractivity contribution in [2.24, 2.45) is 0 Å². The Bertz CT molecular complexity index is 1430. The summed E-state index contributed by atoms with van der Waals surface area (Å²) in [4.78, 5) is 19.5. The van der Waals surface area contributed by atoms with E-state index in [4.69, 9.17) is 16.7 Å². The first-order chi connectivity index (χ1) is 17.3. The Hall–Kier alpha value is -3.59. The number of rotatable bonds is 10. The first-order valence-corrected chi connectivity index (χ1v) is 13.0. The van der Waals surface area contributed by atoms with Crippen LogP contribution >= 0.6 is 11.6 Å². The van der Waals surface area contributed by atoms with Crippen LogP contribution in [-0.2, 0) is 34.3 Å². The van der Waals surface area contributed by atoms with E-state index in [0.717, 1.165) is 27.9 Å². The molecule has 0 aliphatic heterocycles. The van der Waals surface area contributed by atoms with Gasteiger partial charge in [0.05, 0.1) is 16.8 Å². The number of aromatic nitrogens is 2. The molecule has 36 heavy (non-hydrogen) atoms. The van der Waals surface area contributed by atoms with Gasteiger partial charge in [0.1, 0.15) is 0 Å². The number of aliphatic carboxylic acids is 1. The van der Waals surface area contributed by atoms with Gasteiger partial charge in [-0.25, -0.2) is 8.42 Å². The first kappa shape index (κ1) is 25.5. The lowest BCUT2D eigenvalue weighted by atomic mass is 10.1. The van der Waals surface area contributed by atoms with Crippen LogP contribution in [0.2, 0.25) is 5.02 Å². The molecule has 0 fully saturated rings. The van der Waals surface area contributed by atoms with Gasteiger partial charge in [0.15, 0.2) is 0 Å². The molecule has 0 atom stereocenters. The van der Waals surface area contributed by atoms with Gasteiger partial charge in [0.2, 0.25) is 10.0 Å². The zero-order valence-electron chi connectivity index (χ0n) is 19.3. The summed E-state index contributed by atoms with van der Waals surface area (Å²) in [5, 5.41) is 9.44. The third kappa shape index (κ3) is 6.54. The van der Waals surface area contributed by atoms with E-state index >= 15 is 0 Å². The van der Waals surface area contributed by atoms with Crippen molar-refractivity contribution < 1.29 is 18.3 Å². The molecule has 9 heteroatoms. The summed E-state index contributed by atoms with van der Waals surface area (Å²) in [6.07, 6.45) is 5.28. The molecule has 0 saturated carbocycles. The van der Waals surface area contributed by atoms with Crippen molar-refractivity contribution in [1.82, 2.24) is 14.3 Å². The largest absolute Gasteiger partial charge is 0.481 e. The van der Waals surface area contributed by atoms with Gasteiger partial charge in [-0.05, 0) is 47.4 Å². The summed E-state index contributed by atoms with van der Waals surface area (Å²) in [6, 6.07) is 21.0. The zero-order valence-corrected chi connectivity index (χ0v) is 20.9. The summed E-state index contributed by atoms with van der Waals surface area (Å²) in [6.45, 7) is 0.267. The van der Waals surface area contributed by atoms with Gasteiger partial charge in [0, 0.05) is 42.5 Å². The Balaban J connectivity index is 1.63. The Labute approximate surface area is 215 Å². The molecular weight excluding hydrogens is 498 g/mol. The number of hydrogen-bond acceptors (Lipinski definition) is 5. The van der Waals surface area contributed by atoms with Gasteiger partial charge in [-0.15, -0.1) is 0 Å². The van der Waals surface area contributed by atoms with Crippen molar-refractivity contribution in [1.29, 1.82) is 0 Å². The van der Waals surface area contributed by atoms with E-state index in [-0.39, 0.29) is 24.4 Å². The maximum atomic E-state index is 13.6. The highest BCUT2D eigenvalue weighted by molar-refractivity contribution is 7.89. The fraction of sp³-hybridized carbons (Fsp3) is 0.148. The van der Waals surface area contributed by atoms with E-state index in [9.17, 15) is 13.2 Å². The summed E-state index contributed by atoms with van der Waals surface area (Å²) in [5.74, 6) is -0.878. The minimum Gasteiger partial charge on any atom is -0.481 e. The monoisotopic (exact) mass is 521 g/mol. The maximum Gasteiger partial charge on any atom is 0.303 e. The van der Waals surface area contributed by atoms with Crippen LogP contribution in [0.15, 0.2) is 96.3 Å². The normalized spacial score (nSPS) is 11.5. The quantitative estimate of drug-likeness (QED) is 0.307. The van der Waals surface area contributed by atoms with Gasteiger partial charge >= 0.3 is 5.97 Å². The van der Waals surface area contributed by atoms with Gasteiger partial charge < -0.3 is 5.11 Å². The SMILES string of the molecule is O=C(O)CCc1cccc(CN(Cc2ccc(-c3cnccn3)cc2)S(=O)(=O)c2ccc(Cl)cc2)c1. The van der Waals surface area contributed by atoms with Crippen LogP contribution < -0.4 is 0 Å². The number of hydrogen-bond donors (Lipinski definition) is 1. The number of sulfonamides is 1. The van der Waals surface area contributed by atoms with Gasteiger partial charge in [-0.3, -0.25) is 14.8 Å². The number of aryl methyl sites for hydroxylation is 1. The second kappa shape index (κ2) is 11.4. The molecule has 0 amide bonds. The van der Waals surface area contributed by atoms with Crippen LogP contribution in [0.1, 0.15) is 23.1 Å². The fourth-order valence-corrected chi connectivity index (χ4v) is 5.29. The zero-order chi connectivity index (χ0) is 25.5. The van der Waals surface area contributed by atoms with Gasteiger partial charge in [-0.2, -0.15) is 4.31 Å². The van der Waals surface area contributed by atoms with Crippen molar-refractivity contribution in [3.63, 3.8) is 0 Å². The molecule has 3 aromatic carbocycles. The molecule has 0 spiro atoms. The van der Waals surface area contributed by atoms with Crippen LogP contribution in [0, 0.1) is 0 Å². The smallest absolute Gasteiger partial charge is 0.303 e. The summed E-state index contributed by atoms with van der Waals surface area (Å²) in [7, 11) is -3.86. The number of nitrogens with zero attached hydrogens (tertiary/aromatic N) is 3. The van der Waals surface area contributed by atoms with E-state index in [1.165, 1.54) is 16.4 Å². The molecular formula is C27H24ClN3O4S. The number of halogens is 1. The van der Waals surface area contributed by atoms with E-state index in [1.807, 2.05) is 48.5 Å². The maximum absolute atomic E-state index is 13.6. The minimum atomic E-state index is -3.86. The Morgan fingerprint density at radius 3 is 2.25 bits per heavy atom. The van der Waals surface area contributed by atoms with E-state index in [0.29, 0.717) is 11.4 Å². The first-order valence-electron chi connectivity index (χ1n) is 11.2. The van der Waals surface area contributed by atoms with Crippen LogP contribution in [-0.4, -0.2) is 33.8 Å². The standard InChI is InChI=1S/C27H24ClN3O4S/c28-24-9-11-25(12-10-24)36(34,35)31(19-22-3-1-2-20(16-22)6-13-27(32)33)18-21-4-7-23(8-5-21)26-17-29-14-15-30-26/h1-5,7-12,14-17H,6,13,18-19H2,(H,32,33). The van der Waals surface area contributed by atoms with Crippen molar-refractivity contribution in [2.75, 3.05) is 0 Å². The van der Waals surface area contributed by atoms with E-state index in [1.54, 1.807) is 30.7 Å². The average molecular weight is 522 g/mol. The number of carboxylic acids is 1. The fourth-order valence-electron chi connectivity index (χ4n) is 3.75. The molecule has 0 radical (unpaired) electrons. The molecule has 1 aromatic heterocycles. The lowest BCUT2D eigenvalue weighted by Crippen LogP contribution is -2.30. The van der Waals surface area contributed by atoms with Crippen molar-refractivity contribution in [2.45, 2.75) is 30.8 Å². The molecule has 184 valence electrons. The highest BCUT2D eigenvalue weighted by Crippen LogP contribution is 2.24. The van der Waals surface area contributed by atoms with Gasteiger partial charge in [0.25, 0.3) is 0 Å². The highest BCUT2D eigenvalue weighted by Gasteiger charge is 2.25. The number of carboxylic acid groups (broad SMARTS) is 1. The van der Waals surface area contributed by atoms with E-state index in [2.05, 4.69) is 9.97 Å². The minimum absolute atomic E-state index is 0.00831. The van der Waals surface area contributed by atoms with Crippen molar-refractivity contribution >= 4 is 27.6 Å². The third-order valence-electron chi connectivity index (χ3n) is 5.60. The topological polar surface area (TPSA) is 100 Å². The second-order valence-electron chi connectivity index (χ2n) is 8.23. The van der Waals surface area contributed by atoms with E-state index < -0.39 is 16.0 Å². The van der Waals surface area contributed by atoms with Crippen LogP contribution in [0.4, 0.5) is 0 Å². The van der Waals surface area contributed by atoms with Crippen LogP contribution in [0.3, 0.4) is 0 Å². The van der Waals surface area contributed by atoms with Crippen molar-refractivity contribution in [3.05, 3.63) is 113 Å². The summed E-state index contributed by atoms with van der Waals surface area (Å²) < 4.78 is 28.7. The molecule has 0 saturated heterocycles. The number of benzene rings is 3. The Kier molecular flexibility index (Phi) is 8.10. The van der Waals surface area contributed by atoms with Gasteiger partial charge in [-0.1, -0.05) is 60.1 Å². The third-order valence-corrected chi connectivity index (χ3v) is 7.66. The summed E-state index contributed by atoms with van der Waals surface area (Å²) >= 11 is 5.98.